The predicted octanol–water partition coefficient (Wildman–Crippen LogP) is 4.80. The van der Waals surface area contributed by atoms with Crippen LogP contribution in [0.4, 0.5) is 35.1 Å². The number of amides is 3. The Labute approximate surface area is 234 Å². The molecule has 0 saturated carbocycles. The second-order valence-corrected chi connectivity index (χ2v) is 10.1. The molecule has 2 aromatic rings. The topological polar surface area (TPSA) is 91.4 Å². The van der Waals surface area contributed by atoms with Crippen molar-refractivity contribution in [2.24, 2.45) is 11.8 Å². The van der Waals surface area contributed by atoms with Gasteiger partial charge in [0.15, 0.2) is 0 Å². The highest BCUT2D eigenvalue weighted by Gasteiger charge is 2.43. The molecule has 2 N–H and O–H groups in total. The monoisotopic (exact) mass is 604 g/mol. The van der Waals surface area contributed by atoms with Gasteiger partial charge in [-0.3, -0.25) is 19.4 Å². The zero-order valence-electron chi connectivity index (χ0n) is 21.7. The summed E-state index contributed by atoms with van der Waals surface area (Å²) >= 11 is 0. The molecular weight excluding hydrogens is 580 g/mol. The van der Waals surface area contributed by atoms with Crippen LogP contribution in [-0.4, -0.2) is 46.7 Å². The van der Waals surface area contributed by atoms with Gasteiger partial charge in [0.2, 0.25) is 11.8 Å². The lowest BCUT2D eigenvalue weighted by Gasteiger charge is -2.29. The average molecular weight is 604 g/mol. The maximum Gasteiger partial charge on any atom is 0.433 e. The maximum atomic E-state index is 15.0. The number of hydrogen-bond donors (Lipinski definition) is 2. The highest BCUT2D eigenvalue weighted by molar-refractivity contribution is 5.98. The molecule has 1 aromatic carbocycles. The van der Waals surface area contributed by atoms with Crippen molar-refractivity contribution in [3.63, 3.8) is 0 Å². The normalized spacial score (nSPS) is 21.7. The predicted molar refractivity (Wildman–Crippen MR) is 130 cm³/mol. The van der Waals surface area contributed by atoms with Crippen LogP contribution in [0.2, 0.25) is 0 Å². The summed E-state index contributed by atoms with van der Waals surface area (Å²) in [6.07, 6.45) is -7.62. The van der Waals surface area contributed by atoms with Crippen molar-refractivity contribution in [1.82, 2.24) is 20.5 Å². The number of alkyl halides is 6. The fraction of sp³-hybridized carbons (Fsp3) is 0.407. The van der Waals surface area contributed by atoms with E-state index in [0.29, 0.717) is 18.6 Å². The van der Waals surface area contributed by atoms with E-state index in [2.05, 4.69) is 22.2 Å². The van der Waals surface area contributed by atoms with E-state index in [1.807, 2.05) is 0 Å². The Morgan fingerprint density at radius 1 is 1.12 bits per heavy atom. The van der Waals surface area contributed by atoms with Crippen LogP contribution in [0.3, 0.4) is 0 Å². The van der Waals surface area contributed by atoms with Crippen LogP contribution in [0.1, 0.15) is 52.5 Å². The molecular formula is C27H24F8N4O3. The minimum atomic E-state index is -5.20. The first kappa shape index (κ1) is 30.9. The summed E-state index contributed by atoms with van der Waals surface area (Å²) in [4.78, 5) is 43.1. The van der Waals surface area contributed by atoms with Gasteiger partial charge in [-0.15, -0.1) is 6.58 Å². The standard InChI is InChI=1S/C27H24F8N4O3/c1-2-3-13-6-20(39(12-13)25(42)14-4-5-36-21(7-14)27(33,34)35)24(41)38-23(15-8-22(40)37-11-15)16-9-19(29)17(10-18(16)28)26(30,31)32/h2,4-5,7,9-10,13,15,20,23H,1,3,6,8,11-12H2,(H,37,40)(H,38,41)/t13-,15?,20-,23?/m1/s1. The van der Waals surface area contributed by atoms with E-state index in [9.17, 15) is 45.1 Å². The molecule has 0 radical (unpaired) electrons. The SMILES string of the molecule is C=CC[C@@H]1C[C@H](C(=O)NC(c2cc(F)c(C(F)(F)F)cc2F)C2CNC(=O)C2)N(C(=O)c2ccnc(C(F)(F)F)c2)C1. The summed E-state index contributed by atoms with van der Waals surface area (Å²) in [6.45, 7) is 3.45. The summed E-state index contributed by atoms with van der Waals surface area (Å²) in [5.41, 5.74) is -4.22. The van der Waals surface area contributed by atoms with E-state index in [1.54, 1.807) is 0 Å². The molecule has 7 nitrogen and oxygen atoms in total. The van der Waals surface area contributed by atoms with Crippen molar-refractivity contribution >= 4 is 17.7 Å². The lowest BCUT2D eigenvalue weighted by molar-refractivity contribution is -0.141. The fourth-order valence-electron chi connectivity index (χ4n) is 5.27. The average Bonchev–Trinajstić information content (AvgIpc) is 3.53. The largest absolute Gasteiger partial charge is 0.433 e. The molecule has 226 valence electrons. The van der Waals surface area contributed by atoms with Crippen LogP contribution in [0, 0.1) is 23.5 Å². The maximum absolute atomic E-state index is 15.0. The number of halogens is 8. The zero-order valence-corrected chi connectivity index (χ0v) is 21.7. The smallest absolute Gasteiger partial charge is 0.356 e. The molecule has 0 aliphatic carbocycles. The highest BCUT2D eigenvalue weighted by Crippen LogP contribution is 2.37. The van der Waals surface area contributed by atoms with E-state index in [4.69, 9.17) is 0 Å². The highest BCUT2D eigenvalue weighted by atomic mass is 19.4. The zero-order chi connectivity index (χ0) is 31.0. The van der Waals surface area contributed by atoms with Gasteiger partial charge in [0.05, 0.1) is 11.6 Å². The number of allylic oxidation sites excluding steroid dienone is 1. The van der Waals surface area contributed by atoms with Gasteiger partial charge in [0.25, 0.3) is 5.91 Å². The number of rotatable bonds is 7. The number of hydrogen-bond acceptors (Lipinski definition) is 4. The molecule has 3 heterocycles. The molecule has 2 aliphatic heterocycles. The Hall–Kier alpha value is -4.04. The first-order valence-electron chi connectivity index (χ1n) is 12.7. The van der Waals surface area contributed by atoms with Crippen molar-refractivity contribution < 1.29 is 49.5 Å². The van der Waals surface area contributed by atoms with E-state index in [-0.39, 0.29) is 37.9 Å². The molecule has 2 saturated heterocycles. The third-order valence-corrected chi connectivity index (χ3v) is 7.25. The molecule has 4 rings (SSSR count). The summed E-state index contributed by atoms with van der Waals surface area (Å²) in [5, 5.41) is 4.93. The third kappa shape index (κ3) is 6.54. The number of benzene rings is 1. The molecule has 2 unspecified atom stereocenters. The molecule has 1 aromatic heterocycles. The van der Waals surface area contributed by atoms with Gasteiger partial charge in [0.1, 0.15) is 23.4 Å². The van der Waals surface area contributed by atoms with Gasteiger partial charge in [-0.05, 0) is 43.0 Å². The Balaban J connectivity index is 1.67. The van der Waals surface area contributed by atoms with Crippen molar-refractivity contribution in [3.8, 4) is 0 Å². The quantitative estimate of drug-likeness (QED) is 0.351. The number of carbonyl (C=O) groups is 3. The molecule has 0 bridgehead atoms. The molecule has 2 aliphatic rings. The lowest BCUT2D eigenvalue weighted by atomic mass is 9.90. The first-order chi connectivity index (χ1) is 19.6. The molecule has 15 heteroatoms. The summed E-state index contributed by atoms with van der Waals surface area (Å²) < 4.78 is 108. The van der Waals surface area contributed by atoms with Gasteiger partial charge in [0, 0.05) is 42.8 Å². The van der Waals surface area contributed by atoms with Crippen LogP contribution in [0.15, 0.2) is 43.1 Å². The molecule has 3 amide bonds. The van der Waals surface area contributed by atoms with Gasteiger partial charge in [-0.25, -0.2) is 8.78 Å². The second-order valence-electron chi connectivity index (χ2n) is 10.1. The van der Waals surface area contributed by atoms with E-state index in [1.165, 1.54) is 6.08 Å². The third-order valence-electron chi connectivity index (χ3n) is 7.25. The van der Waals surface area contributed by atoms with Gasteiger partial charge < -0.3 is 15.5 Å². The van der Waals surface area contributed by atoms with E-state index < -0.39 is 82.1 Å². The van der Waals surface area contributed by atoms with Gasteiger partial charge in [-0.1, -0.05) is 6.08 Å². The second kappa shape index (κ2) is 11.7. The lowest BCUT2D eigenvalue weighted by Crippen LogP contribution is -2.48. The molecule has 42 heavy (non-hydrogen) atoms. The fourth-order valence-corrected chi connectivity index (χ4v) is 5.27. The van der Waals surface area contributed by atoms with Crippen LogP contribution in [0.5, 0.6) is 0 Å². The van der Waals surface area contributed by atoms with Crippen LogP contribution in [-0.2, 0) is 21.9 Å². The van der Waals surface area contributed by atoms with Gasteiger partial charge >= 0.3 is 12.4 Å². The minimum absolute atomic E-state index is 0.0270. The Kier molecular flexibility index (Phi) is 8.60. The van der Waals surface area contributed by atoms with Crippen LogP contribution >= 0.6 is 0 Å². The van der Waals surface area contributed by atoms with E-state index in [0.717, 1.165) is 17.2 Å². The molecule has 4 atom stereocenters. The number of nitrogens with zero attached hydrogens (tertiary/aromatic N) is 2. The number of pyridine rings is 1. The Morgan fingerprint density at radius 3 is 2.43 bits per heavy atom. The number of likely N-dealkylation sites (tertiary alicyclic amines) is 1. The van der Waals surface area contributed by atoms with Gasteiger partial charge in [-0.2, -0.15) is 26.3 Å². The number of nitrogens with one attached hydrogen (secondary N) is 2. The van der Waals surface area contributed by atoms with Crippen molar-refractivity contribution in [2.75, 3.05) is 13.1 Å². The number of aromatic nitrogens is 1. The summed E-state index contributed by atoms with van der Waals surface area (Å²) in [5.74, 6) is -6.82. The van der Waals surface area contributed by atoms with E-state index >= 15 is 4.39 Å². The Morgan fingerprint density at radius 2 is 1.83 bits per heavy atom. The molecule has 0 spiro atoms. The summed E-state index contributed by atoms with van der Waals surface area (Å²) in [7, 11) is 0. The first-order valence-corrected chi connectivity index (χ1v) is 12.7. The minimum Gasteiger partial charge on any atom is -0.356 e. The van der Waals surface area contributed by atoms with Crippen LogP contribution in [0.25, 0.3) is 0 Å². The van der Waals surface area contributed by atoms with Crippen LogP contribution < -0.4 is 10.6 Å². The number of carbonyl (C=O) groups excluding carboxylic acids is 3. The molecule has 2 fully saturated rings. The van der Waals surface area contributed by atoms with Crippen molar-refractivity contribution in [3.05, 3.63) is 77.1 Å². The van der Waals surface area contributed by atoms with Crippen molar-refractivity contribution in [1.29, 1.82) is 0 Å². The Bertz CT molecular complexity index is 1390. The van der Waals surface area contributed by atoms with Crippen molar-refractivity contribution in [2.45, 2.75) is 43.7 Å². The summed E-state index contributed by atoms with van der Waals surface area (Å²) in [6, 6.07) is -0.925.